The molecule has 1 aliphatic heterocycles. The summed E-state index contributed by atoms with van der Waals surface area (Å²) in [5, 5.41) is 2.78. The first-order valence-electron chi connectivity index (χ1n) is 8.11. The number of carbonyl (C=O) groups excluding carboxylic acids is 1. The van der Waals surface area contributed by atoms with E-state index in [2.05, 4.69) is 24.2 Å². The molecule has 1 fully saturated rings. The molecule has 7 heteroatoms. The van der Waals surface area contributed by atoms with Crippen LogP contribution in [-0.4, -0.2) is 61.4 Å². The number of methoxy groups -OCH3 is 1. The van der Waals surface area contributed by atoms with Crippen molar-refractivity contribution in [3.05, 3.63) is 0 Å². The van der Waals surface area contributed by atoms with E-state index >= 15 is 0 Å². The summed E-state index contributed by atoms with van der Waals surface area (Å²) in [6.07, 6.45) is 4.19. The molecular weight excluding hydrogens is 303 g/mol. The van der Waals surface area contributed by atoms with Crippen molar-refractivity contribution >= 4 is 14.3 Å². The number of ether oxygens (including phenoxy) is 1. The van der Waals surface area contributed by atoms with E-state index < -0.39 is 8.38 Å². The van der Waals surface area contributed by atoms with Crippen molar-refractivity contribution in [2.75, 3.05) is 33.6 Å². The summed E-state index contributed by atoms with van der Waals surface area (Å²) in [6.45, 7) is 5.54. The second-order valence-electron chi connectivity index (χ2n) is 5.92. The lowest BCUT2D eigenvalue weighted by Crippen LogP contribution is -2.46. The van der Waals surface area contributed by atoms with Crippen LogP contribution in [0.3, 0.4) is 0 Å². The van der Waals surface area contributed by atoms with Crippen LogP contribution in [0.4, 0.5) is 0 Å². The number of unbranched alkanes of at least 4 members (excludes halogenated alkanes) is 1. The molecule has 22 heavy (non-hydrogen) atoms. The Bertz CT molecular complexity index is 333. The third-order valence-corrected chi connectivity index (χ3v) is 5.17. The zero-order chi connectivity index (χ0) is 16.5. The van der Waals surface area contributed by atoms with Crippen LogP contribution in [0.1, 0.15) is 39.5 Å². The zero-order valence-corrected chi connectivity index (χ0v) is 15.1. The summed E-state index contributed by atoms with van der Waals surface area (Å²) >= 11 is 0. The molecule has 0 aromatic heterocycles. The number of hydrogen-bond acceptors (Lipinski definition) is 5. The number of likely N-dealkylation sites (N-methyl/N-ethyl adjacent to an activating group) is 1. The van der Waals surface area contributed by atoms with Gasteiger partial charge in [-0.2, -0.15) is 0 Å². The van der Waals surface area contributed by atoms with E-state index in [4.69, 9.17) is 9.26 Å². The fourth-order valence-corrected chi connectivity index (χ4v) is 3.58. The molecule has 1 saturated heterocycles. The van der Waals surface area contributed by atoms with E-state index in [0.717, 1.165) is 32.2 Å². The Balaban J connectivity index is 2.39. The molecule has 0 saturated carbocycles. The number of carbonyl (C=O) groups is 1. The van der Waals surface area contributed by atoms with E-state index in [-0.39, 0.29) is 30.3 Å². The van der Waals surface area contributed by atoms with Gasteiger partial charge in [0.05, 0.1) is 24.9 Å². The average molecular weight is 334 g/mol. The van der Waals surface area contributed by atoms with Gasteiger partial charge in [0, 0.05) is 13.2 Å². The van der Waals surface area contributed by atoms with Crippen molar-refractivity contribution in [1.29, 1.82) is 0 Å². The van der Waals surface area contributed by atoms with Crippen molar-refractivity contribution in [2.24, 2.45) is 5.92 Å². The first-order chi connectivity index (χ1) is 10.5. The number of rotatable bonds is 10. The molecule has 1 heterocycles. The Morgan fingerprint density at radius 2 is 2.27 bits per heavy atom. The molecule has 130 valence electrons. The Morgan fingerprint density at radius 1 is 1.55 bits per heavy atom. The van der Waals surface area contributed by atoms with E-state index in [1.165, 1.54) is 0 Å². The molecule has 4 atom stereocenters. The number of hydrogen-bond donors (Lipinski definition) is 2. The Labute approximate surface area is 135 Å². The summed E-state index contributed by atoms with van der Waals surface area (Å²) in [5.74, 6) is -0.345. The molecule has 1 rings (SSSR count). The van der Waals surface area contributed by atoms with E-state index in [0.29, 0.717) is 6.61 Å². The second-order valence-corrected chi connectivity index (χ2v) is 7.20. The lowest BCUT2D eigenvalue weighted by molar-refractivity contribution is -0.130. The highest BCUT2D eigenvalue weighted by molar-refractivity contribution is 7.46. The number of likely N-dealkylation sites (tertiary alicyclic amines) is 1. The molecule has 0 bridgehead atoms. The quantitative estimate of drug-likeness (QED) is 0.472. The minimum Gasteiger partial charge on any atom is -0.379 e. The predicted octanol–water partition coefficient (Wildman–Crippen LogP) is 1.93. The summed E-state index contributed by atoms with van der Waals surface area (Å²) in [4.78, 5) is 24.3. The van der Waals surface area contributed by atoms with Crippen molar-refractivity contribution in [2.45, 2.75) is 51.7 Å². The third-order valence-electron chi connectivity index (χ3n) is 4.26. The van der Waals surface area contributed by atoms with E-state index in [1.54, 1.807) is 7.11 Å². The summed E-state index contributed by atoms with van der Waals surface area (Å²) < 4.78 is 10.9. The van der Waals surface area contributed by atoms with Crippen LogP contribution in [0, 0.1) is 5.92 Å². The Hall–Kier alpha value is -0.260. The summed E-state index contributed by atoms with van der Waals surface area (Å²) in [6, 6.07) is 0.280. The lowest BCUT2D eigenvalue weighted by Gasteiger charge is -2.31. The van der Waals surface area contributed by atoms with Crippen LogP contribution in [0.5, 0.6) is 0 Å². The molecule has 1 aliphatic rings. The van der Waals surface area contributed by atoms with E-state index in [1.807, 2.05) is 6.92 Å². The largest absolute Gasteiger partial charge is 0.379 e. The third kappa shape index (κ3) is 6.09. The molecule has 6 nitrogen and oxygen atoms in total. The first-order valence-corrected chi connectivity index (χ1v) is 9.51. The fourth-order valence-electron chi connectivity index (χ4n) is 2.86. The highest BCUT2D eigenvalue weighted by atomic mass is 31.2. The summed E-state index contributed by atoms with van der Waals surface area (Å²) in [7, 11) is 2.16. The molecule has 0 aromatic rings. The van der Waals surface area contributed by atoms with Crippen LogP contribution in [0.15, 0.2) is 0 Å². The van der Waals surface area contributed by atoms with Crippen LogP contribution >= 0.6 is 8.38 Å². The van der Waals surface area contributed by atoms with Crippen molar-refractivity contribution < 1.29 is 18.9 Å². The molecule has 1 amide bonds. The standard InChI is InChI=1S/C15H31N2O4P/c1-5-6-10-21-22(19)11-16-15(18)12(2)14(20-4)13-8-7-9-17(13)3/h12-14,19H,5-11H2,1-4H3,(H,16,18). The van der Waals surface area contributed by atoms with Gasteiger partial charge in [-0.1, -0.05) is 20.3 Å². The number of nitrogens with zero attached hydrogens (tertiary/aromatic N) is 1. The van der Waals surface area contributed by atoms with Gasteiger partial charge in [-0.25, -0.2) is 0 Å². The molecule has 0 spiro atoms. The lowest BCUT2D eigenvalue weighted by atomic mass is 9.95. The summed E-state index contributed by atoms with van der Waals surface area (Å²) in [5.41, 5.74) is 0. The van der Waals surface area contributed by atoms with Crippen LogP contribution in [-0.2, 0) is 14.1 Å². The predicted molar refractivity (Wildman–Crippen MR) is 88.6 cm³/mol. The van der Waals surface area contributed by atoms with E-state index in [9.17, 15) is 9.69 Å². The van der Waals surface area contributed by atoms with Gasteiger partial charge >= 0.3 is 0 Å². The van der Waals surface area contributed by atoms with Gasteiger partial charge in [-0.15, -0.1) is 0 Å². The topological polar surface area (TPSA) is 71.0 Å². The molecule has 2 N–H and O–H groups in total. The maximum Gasteiger partial charge on any atom is 0.225 e. The minimum absolute atomic E-state index is 0.0900. The van der Waals surface area contributed by atoms with Gasteiger partial charge in [0.15, 0.2) is 8.38 Å². The molecular formula is C15H31N2O4P. The maximum absolute atomic E-state index is 12.3. The molecule has 0 radical (unpaired) electrons. The minimum atomic E-state index is -1.58. The Morgan fingerprint density at radius 3 is 2.82 bits per heavy atom. The highest BCUT2D eigenvalue weighted by Crippen LogP contribution is 2.30. The maximum atomic E-state index is 12.3. The second kappa shape index (κ2) is 10.5. The SMILES string of the molecule is CCCCOP(O)CNC(=O)C(C)C(OC)C1CCCN1C. The van der Waals surface area contributed by atoms with Gasteiger partial charge in [-0.05, 0) is 32.9 Å². The van der Waals surface area contributed by atoms with Gasteiger partial charge < -0.3 is 24.4 Å². The van der Waals surface area contributed by atoms with Crippen LogP contribution in [0.2, 0.25) is 0 Å². The van der Waals surface area contributed by atoms with Crippen molar-refractivity contribution in [3.8, 4) is 0 Å². The fraction of sp³-hybridized carbons (Fsp3) is 0.933. The zero-order valence-electron chi connectivity index (χ0n) is 14.2. The van der Waals surface area contributed by atoms with Gasteiger partial charge in [0.1, 0.15) is 0 Å². The average Bonchev–Trinajstić information content (AvgIpc) is 2.92. The molecule has 0 aromatic carbocycles. The molecule has 4 unspecified atom stereocenters. The first kappa shape index (κ1) is 19.8. The van der Waals surface area contributed by atoms with Gasteiger partial charge in [-0.3, -0.25) is 4.79 Å². The highest BCUT2D eigenvalue weighted by Gasteiger charge is 2.36. The number of nitrogens with one attached hydrogen (secondary N) is 1. The smallest absolute Gasteiger partial charge is 0.225 e. The normalized spacial score (nSPS) is 23.2. The van der Waals surface area contributed by atoms with Crippen LogP contribution < -0.4 is 5.32 Å². The van der Waals surface area contributed by atoms with Crippen LogP contribution in [0.25, 0.3) is 0 Å². The number of amides is 1. The van der Waals surface area contributed by atoms with Gasteiger partial charge in [0.25, 0.3) is 0 Å². The van der Waals surface area contributed by atoms with Crippen molar-refractivity contribution in [3.63, 3.8) is 0 Å². The monoisotopic (exact) mass is 334 g/mol. The van der Waals surface area contributed by atoms with Crippen molar-refractivity contribution in [1.82, 2.24) is 10.2 Å². The van der Waals surface area contributed by atoms with Gasteiger partial charge in [0.2, 0.25) is 5.91 Å². The molecule has 0 aliphatic carbocycles. The Kier molecular flexibility index (Phi) is 9.45.